The highest BCUT2D eigenvalue weighted by Gasteiger charge is 2.26. The van der Waals surface area contributed by atoms with Gasteiger partial charge in [-0.2, -0.15) is 0 Å². The van der Waals surface area contributed by atoms with Gasteiger partial charge in [-0.05, 0) is 42.5 Å². The summed E-state index contributed by atoms with van der Waals surface area (Å²) in [5.74, 6) is 1.39. The zero-order valence-corrected chi connectivity index (χ0v) is 13.7. The van der Waals surface area contributed by atoms with Gasteiger partial charge in [-0.1, -0.05) is 0 Å². The van der Waals surface area contributed by atoms with Gasteiger partial charge in [0.15, 0.2) is 11.5 Å². The molecular weight excluding hydrogens is 312 g/mol. The molecule has 0 spiro atoms. The molecule has 0 radical (unpaired) electrons. The van der Waals surface area contributed by atoms with Gasteiger partial charge in [0.2, 0.25) is 12.7 Å². The maximum absolute atomic E-state index is 12.4. The summed E-state index contributed by atoms with van der Waals surface area (Å²) in [5, 5.41) is 5.08. The maximum atomic E-state index is 12.4. The summed E-state index contributed by atoms with van der Waals surface area (Å²) >= 11 is 1.81. The number of hydrogen-bond acceptors (Lipinski definition) is 5. The van der Waals surface area contributed by atoms with E-state index in [2.05, 4.69) is 28.6 Å². The number of carbonyl (C=O) groups is 1. The van der Waals surface area contributed by atoms with E-state index in [0.29, 0.717) is 12.3 Å². The van der Waals surface area contributed by atoms with E-state index in [9.17, 15) is 4.79 Å². The lowest BCUT2D eigenvalue weighted by atomic mass is 10.0. The first-order valence-electron chi connectivity index (χ1n) is 7.70. The fourth-order valence-corrected chi connectivity index (χ4v) is 4.10. The second kappa shape index (κ2) is 5.86. The number of thiophene rings is 1. The van der Waals surface area contributed by atoms with Crippen molar-refractivity contribution in [1.29, 1.82) is 0 Å². The molecule has 5 nitrogen and oxygen atoms in total. The maximum Gasteiger partial charge on any atom is 0.238 e. The lowest BCUT2D eigenvalue weighted by molar-refractivity contribution is -0.117. The Morgan fingerprint density at radius 1 is 1.35 bits per heavy atom. The van der Waals surface area contributed by atoms with E-state index in [1.165, 1.54) is 10.4 Å². The Morgan fingerprint density at radius 2 is 2.22 bits per heavy atom. The van der Waals surface area contributed by atoms with E-state index in [1.807, 2.05) is 23.5 Å². The molecule has 0 unspecified atom stereocenters. The van der Waals surface area contributed by atoms with Crippen LogP contribution in [0.2, 0.25) is 0 Å². The summed E-state index contributed by atoms with van der Waals surface area (Å²) in [6, 6.07) is 7.91. The number of benzene rings is 1. The summed E-state index contributed by atoms with van der Waals surface area (Å²) in [4.78, 5) is 16.0. The second-order valence-electron chi connectivity index (χ2n) is 5.81. The summed E-state index contributed by atoms with van der Waals surface area (Å²) in [6.07, 6.45) is 1.02. The van der Waals surface area contributed by atoms with Gasteiger partial charge in [0.1, 0.15) is 0 Å². The van der Waals surface area contributed by atoms with Crippen molar-refractivity contribution in [2.45, 2.75) is 19.4 Å². The summed E-state index contributed by atoms with van der Waals surface area (Å²) in [6.45, 7) is 3.72. The van der Waals surface area contributed by atoms with Crippen LogP contribution < -0.4 is 14.8 Å². The van der Waals surface area contributed by atoms with Crippen molar-refractivity contribution in [1.82, 2.24) is 4.90 Å². The molecule has 1 amide bonds. The molecule has 0 saturated carbocycles. The number of hydrogen-bond donors (Lipinski definition) is 1. The minimum absolute atomic E-state index is 0.00519. The SMILES string of the molecule is C[C@H]1c2ccsc2CCN1CC(=O)Nc1ccc2c(c1)OCO2. The zero-order chi connectivity index (χ0) is 15.8. The molecule has 0 saturated heterocycles. The molecule has 0 bridgehead atoms. The molecule has 3 heterocycles. The standard InChI is InChI=1S/C17H18N2O3S/c1-11-13-5-7-23-16(13)4-6-19(11)9-17(20)18-12-2-3-14-15(8-12)22-10-21-14/h2-3,5,7-8,11H,4,6,9-10H2,1H3,(H,18,20)/t11-/m0/s1. The topological polar surface area (TPSA) is 50.8 Å². The summed E-state index contributed by atoms with van der Waals surface area (Å²) < 4.78 is 10.6. The van der Waals surface area contributed by atoms with Crippen LogP contribution in [0.1, 0.15) is 23.4 Å². The Morgan fingerprint density at radius 3 is 3.13 bits per heavy atom. The molecule has 4 rings (SSSR count). The number of amides is 1. The number of carbonyl (C=O) groups excluding carboxylic acids is 1. The van der Waals surface area contributed by atoms with E-state index in [0.717, 1.165) is 24.4 Å². The quantitative estimate of drug-likeness (QED) is 0.940. The molecule has 6 heteroatoms. The Balaban J connectivity index is 1.41. The Labute approximate surface area is 138 Å². The van der Waals surface area contributed by atoms with E-state index < -0.39 is 0 Å². The predicted molar refractivity (Wildman–Crippen MR) is 89.2 cm³/mol. The molecule has 23 heavy (non-hydrogen) atoms. The van der Waals surface area contributed by atoms with Crippen molar-refractivity contribution in [2.24, 2.45) is 0 Å². The van der Waals surface area contributed by atoms with Gasteiger partial charge in [-0.15, -0.1) is 11.3 Å². The molecular formula is C17H18N2O3S. The van der Waals surface area contributed by atoms with Crippen LogP contribution in [0.5, 0.6) is 11.5 Å². The number of nitrogens with one attached hydrogen (secondary N) is 1. The normalized spacial score (nSPS) is 19.4. The van der Waals surface area contributed by atoms with Crippen molar-refractivity contribution >= 4 is 22.9 Å². The molecule has 120 valence electrons. The number of fused-ring (bicyclic) bond motifs is 2. The Bertz CT molecular complexity index is 743. The minimum atomic E-state index is -0.00519. The smallest absolute Gasteiger partial charge is 0.238 e. The van der Waals surface area contributed by atoms with Crippen molar-refractivity contribution in [3.05, 3.63) is 40.1 Å². The highest BCUT2D eigenvalue weighted by molar-refractivity contribution is 7.10. The first-order chi connectivity index (χ1) is 11.2. The molecule has 1 N–H and O–H groups in total. The fraction of sp³-hybridized carbons (Fsp3) is 0.353. The molecule has 2 aliphatic rings. The van der Waals surface area contributed by atoms with E-state index in [1.54, 1.807) is 6.07 Å². The lowest BCUT2D eigenvalue weighted by Crippen LogP contribution is -2.39. The van der Waals surface area contributed by atoms with Crippen molar-refractivity contribution < 1.29 is 14.3 Å². The van der Waals surface area contributed by atoms with Gasteiger partial charge in [-0.25, -0.2) is 0 Å². The van der Waals surface area contributed by atoms with Crippen molar-refractivity contribution in [2.75, 3.05) is 25.2 Å². The Kier molecular flexibility index (Phi) is 3.71. The van der Waals surface area contributed by atoms with Crippen LogP contribution in [-0.4, -0.2) is 30.7 Å². The summed E-state index contributed by atoms with van der Waals surface area (Å²) in [5.41, 5.74) is 2.09. The molecule has 2 aliphatic heterocycles. The number of nitrogens with zero attached hydrogens (tertiary/aromatic N) is 1. The van der Waals surface area contributed by atoms with E-state index in [-0.39, 0.29) is 18.7 Å². The van der Waals surface area contributed by atoms with Crippen molar-refractivity contribution in [3.63, 3.8) is 0 Å². The van der Waals surface area contributed by atoms with Crippen molar-refractivity contribution in [3.8, 4) is 11.5 Å². The zero-order valence-electron chi connectivity index (χ0n) is 12.9. The van der Waals surface area contributed by atoms with Crippen LogP contribution in [-0.2, 0) is 11.2 Å². The Hall–Kier alpha value is -2.05. The monoisotopic (exact) mass is 330 g/mol. The second-order valence-corrected chi connectivity index (χ2v) is 6.81. The van der Waals surface area contributed by atoms with Gasteiger partial charge in [0.05, 0.1) is 6.54 Å². The third-order valence-electron chi connectivity index (χ3n) is 4.41. The molecule has 0 aliphatic carbocycles. The third-order valence-corrected chi connectivity index (χ3v) is 5.40. The van der Waals surface area contributed by atoms with Crippen LogP contribution in [0.3, 0.4) is 0 Å². The van der Waals surface area contributed by atoms with Crippen LogP contribution in [0, 0.1) is 0 Å². The first-order valence-corrected chi connectivity index (χ1v) is 8.58. The molecule has 1 atom stereocenters. The highest BCUT2D eigenvalue weighted by atomic mass is 32.1. The van der Waals surface area contributed by atoms with E-state index >= 15 is 0 Å². The highest BCUT2D eigenvalue weighted by Crippen LogP contribution is 2.35. The average molecular weight is 330 g/mol. The van der Waals surface area contributed by atoms with Crippen LogP contribution in [0.15, 0.2) is 29.6 Å². The van der Waals surface area contributed by atoms with Crippen LogP contribution in [0.4, 0.5) is 5.69 Å². The largest absolute Gasteiger partial charge is 0.454 e. The van der Waals surface area contributed by atoms with Crippen LogP contribution in [0.25, 0.3) is 0 Å². The third kappa shape index (κ3) is 2.80. The van der Waals surface area contributed by atoms with Gasteiger partial charge >= 0.3 is 0 Å². The average Bonchev–Trinajstić information content (AvgIpc) is 3.18. The molecule has 0 fully saturated rings. The summed E-state index contributed by atoms with van der Waals surface area (Å²) in [7, 11) is 0. The number of anilines is 1. The van der Waals surface area contributed by atoms with Gasteiger partial charge in [0.25, 0.3) is 0 Å². The van der Waals surface area contributed by atoms with Gasteiger partial charge < -0.3 is 14.8 Å². The molecule has 1 aromatic heterocycles. The lowest BCUT2D eigenvalue weighted by Gasteiger charge is -2.32. The molecule has 2 aromatic rings. The molecule has 1 aromatic carbocycles. The van der Waals surface area contributed by atoms with Crippen LogP contribution >= 0.6 is 11.3 Å². The first kappa shape index (κ1) is 14.5. The van der Waals surface area contributed by atoms with Gasteiger partial charge in [-0.3, -0.25) is 9.69 Å². The minimum Gasteiger partial charge on any atom is -0.454 e. The predicted octanol–water partition coefficient (Wildman–Crippen LogP) is 3.03. The number of rotatable bonds is 3. The number of ether oxygens (including phenoxy) is 2. The van der Waals surface area contributed by atoms with Gasteiger partial charge in [0, 0.05) is 29.2 Å². The van der Waals surface area contributed by atoms with E-state index in [4.69, 9.17) is 9.47 Å². The fourth-order valence-electron chi connectivity index (χ4n) is 3.14.